The molecule has 1 aliphatic heterocycles. The van der Waals surface area contributed by atoms with Crippen molar-refractivity contribution >= 4 is 28.6 Å². The van der Waals surface area contributed by atoms with Crippen molar-refractivity contribution in [2.45, 2.75) is 19.8 Å². The molecule has 0 saturated heterocycles. The molecule has 4 nitrogen and oxygen atoms in total. The Hall–Kier alpha value is -2.99. The Kier molecular flexibility index (Phi) is 5.48. The zero-order valence-electron chi connectivity index (χ0n) is 15.5. The second-order valence-electron chi connectivity index (χ2n) is 6.40. The number of rotatable bonds is 6. The van der Waals surface area contributed by atoms with Crippen LogP contribution in [-0.4, -0.2) is 18.2 Å². The van der Waals surface area contributed by atoms with Crippen molar-refractivity contribution in [1.82, 2.24) is 5.43 Å². The third kappa shape index (κ3) is 3.97. The van der Waals surface area contributed by atoms with Crippen LogP contribution in [0.25, 0.3) is 0 Å². The minimum Gasteiger partial charge on any atom is -0.494 e. The largest absolute Gasteiger partial charge is 0.494 e. The van der Waals surface area contributed by atoms with Gasteiger partial charge in [0, 0.05) is 11.1 Å². The van der Waals surface area contributed by atoms with Gasteiger partial charge in [-0.2, -0.15) is 5.10 Å². The first-order valence-electron chi connectivity index (χ1n) is 9.24. The Morgan fingerprint density at radius 1 is 1.11 bits per heavy atom. The predicted molar refractivity (Wildman–Crippen MR) is 113 cm³/mol. The van der Waals surface area contributed by atoms with E-state index in [1.807, 2.05) is 41.8 Å². The number of benzene rings is 2. The fraction of sp³-hybridized carbons (Fsp3) is 0.182. The zero-order valence-corrected chi connectivity index (χ0v) is 16.3. The number of unbranched alkanes of at least 4 members (excludes halogenated alkanes) is 1. The first kappa shape index (κ1) is 18.4. The molecule has 1 N–H and O–H groups in total. The number of thiophene rings is 1. The van der Waals surface area contributed by atoms with E-state index in [0.29, 0.717) is 29.4 Å². The first-order chi connectivity index (χ1) is 13.7. The fourth-order valence-electron chi connectivity index (χ4n) is 2.90. The summed E-state index contributed by atoms with van der Waals surface area (Å²) >= 11 is 1.57. The maximum absolute atomic E-state index is 14.0. The maximum Gasteiger partial charge on any atom is 0.164 e. The molecule has 28 heavy (non-hydrogen) atoms. The Labute approximate surface area is 167 Å². The molecule has 3 aromatic rings. The van der Waals surface area contributed by atoms with Crippen LogP contribution < -0.4 is 10.2 Å². The molecular weight excluding hydrogens is 373 g/mol. The summed E-state index contributed by atoms with van der Waals surface area (Å²) in [5, 5.41) is 6.54. The van der Waals surface area contributed by atoms with E-state index in [1.54, 1.807) is 17.4 Å². The van der Waals surface area contributed by atoms with Crippen LogP contribution >= 0.6 is 11.3 Å². The number of hydrogen-bond acceptors (Lipinski definition) is 5. The number of ether oxygens (including phenoxy) is 1. The van der Waals surface area contributed by atoms with Gasteiger partial charge in [-0.25, -0.2) is 9.38 Å². The van der Waals surface area contributed by atoms with Gasteiger partial charge >= 0.3 is 0 Å². The molecule has 2 heterocycles. The van der Waals surface area contributed by atoms with Crippen molar-refractivity contribution in [3.05, 3.63) is 81.8 Å². The highest BCUT2D eigenvalue weighted by molar-refractivity contribution is 7.12. The van der Waals surface area contributed by atoms with E-state index in [4.69, 9.17) is 4.74 Å². The SMILES string of the molecule is CCCCOc1ccc(C2=NNC(c3cccs3)=Nc3ccc(F)cc32)cc1. The number of fused-ring (bicyclic) bond motifs is 1. The molecule has 142 valence electrons. The minimum absolute atomic E-state index is 0.319. The summed E-state index contributed by atoms with van der Waals surface area (Å²) in [5.74, 6) is 1.15. The molecule has 0 amide bonds. The van der Waals surface area contributed by atoms with Crippen LogP contribution in [0.4, 0.5) is 10.1 Å². The second kappa shape index (κ2) is 8.35. The summed E-state index contributed by atoms with van der Waals surface area (Å²) in [5.41, 5.74) is 5.89. The Balaban J connectivity index is 1.69. The summed E-state index contributed by atoms with van der Waals surface area (Å²) in [6.45, 7) is 2.83. The average molecular weight is 393 g/mol. The average Bonchev–Trinajstić information content (AvgIpc) is 3.18. The molecule has 0 fully saturated rings. The third-order valence-electron chi connectivity index (χ3n) is 4.37. The van der Waals surface area contributed by atoms with Gasteiger partial charge in [0.15, 0.2) is 5.84 Å². The molecule has 6 heteroatoms. The van der Waals surface area contributed by atoms with E-state index in [2.05, 4.69) is 22.4 Å². The highest BCUT2D eigenvalue weighted by Gasteiger charge is 2.18. The molecule has 0 atom stereocenters. The Morgan fingerprint density at radius 3 is 2.71 bits per heavy atom. The van der Waals surface area contributed by atoms with Crippen molar-refractivity contribution in [3.8, 4) is 5.75 Å². The van der Waals surface area contributed by atoms with E-state index >= 15 is 0 Å². The second-order valence-corrected chi connectivity index (χ2v) is 7.35. The van der Waals surface area contributed by atoms with E-state index < -0.39 is 0 Å². The third-order valence-corrected chi connectivity index (χ3v) is 5.25. The number of hydrogen-bond donors (Lipinski definition) is 1. The van der Waals surface area contributed by atoms with Crippen LogP contribution in [-0.2, 0) is 0 Å². The van der Waals surface area contributed by atoms with Crippen LogP contribution in [0.1, 0.15) is 35.8 Å². The lowest BCUT2D eigenvalue weighted by Crippen LogP contribution is -2.18. The summed E-state index contributed by atoms with van der Waals surface area (Å²) in [6, 6.07) is 16.2. The van der Waals surface area contributed by atoms with E-state index in [-0.39, 0.29) is 5.82 Å². The van der Waals surface area contributed by atoms with Crippen LogP contribution in [0.15, 0.2) is 70.1 Å². The van der Waals surface area contributed by atoms with Gasteiger partial charge in [0.05, 0.1) is 17.2 Å². The fourth-order valence-corrected chi connectivity index (χ4v) is 3.56. The molecule has 0 bridgehead atoms. The van der Waals surface area contributed by atoms with Crippen molar-refractivity contribution in [3.63, 3.8) is 0 Å². The van der Waals surface area contributed by atoms with Crippen LogP contribution in [0.3, 0.4) is 0 Å². The topological polar surface area (TPSA) is 46.0 Å². The van der Waals surface area contributed by atoms with Crippen LogP contribution in [0, 0.1) is 5.82 Å². The molecule has 0 unspecified atom stereocenters. The molecule has 0 aliphatic carbocycles. The summed E-state index contributed by atoms with van der Waals surface area (Å²) < 4.78 is 19.7. The van der Waals surface area contributed by atoms with Gasteiger partial charge < -0.3 is 4.74 Å². The van der Waals surface area contributed by atoms with E-state index in [0.717, 1.165) is 29.0 Å². The number of nitrogens with one attached hydrogen (secondary N) is 1. The summed E-state index contributed by atoms with van der Waals surface area (Å²) in [7, 11) is 0. The molecule has 0 saturated carbocycles. The quantitative estimate of drug-likeness (QED) is 0.562. The lowest BCUT2D eigenvalue weighted by atomic mass is 10.0. The minimum atomic E-state index is -0.319. The number of nitrogens with zero attached hydrogens (tertiary/aromatic N) is 2. The standard InChI is InChI=1S/C22H20FN3OS/c1-2-3-12-27-17-9-6-15(7-10-17)21-18-14-16(23)8-11-19(18)24-22(26-25-21)20-5-4-13-28-20/h4-11,13-14H,2-3,12H2,1H3,(H,24,26). The van der Waals surface area contributed by atoms with Crippen molar-refractivity contribution in [1.29, 1.82) is 0 Å². The van der Waals surface area contributed by atoms with E-state index in [1.165, 1.54) is 12.1 Å². The number of hydrazone groups is 1. The van der Waals surface area contributed by atoms with E-state index in [9.17, 15) is 4.39 Å². The first-order valence-corrected chi connectivity index (χ1v) is 10.1. The number of halogens is 1. The highest BCUT2D eigenvalue weighted by atomic mass is 32.1. The van der Waals surface area contributed by atoms with Gasteiger partial charge in [-0.1, -0.05) is 19.4 Å². The summed E-state index contributed by atoms with van der Waals surface area (Å²) in [6.07, 6.45) is 2.11. The summed E-state index contributed by atoms with van der Waals surface area (Å²) in [4.78, 5) is 5.65. The molecule has 4 rings (SSSR count). The normalized spacial score (nSPS) is 13.1. The monoisotopic (exact) mass is 393 g/mol. The van der Waals surface area contributed by atoms with Crippen molar-refractivity contribution < 1.29 is 9.13 Å². The number of amidine groups is 1. The molecule has 1 aliphatic rings. The van der Waals surface area contributed by atoms with Crippen molar-refractivity contribution in [2.75, 3.05) is 6.61 Å². The molecular formula is C22H20FN3OS. The molecule has 2 aromatic carbocycles. The van der Waals surface area contributed by atoms with Gasteiger partial charge in [-0.15, -0.1) is 11.3 Å². The van der Waals surface area contributed by atoms with Crippen LogP contribution in [0.2, 0.25) is 0 Å². The molecule has 0 radical (unpaired) electrons. The van der Waals surface area contributed by atoms with Gasteiger partial charge in [-0.05, 0) is 60.3 Å². The maximum atomic E-state index is 14.0. The highest BCUT2D eigenvalue weighted by Crippen LogP contribution is 2.28. The zero-order chi connectivity index (χ0) is 19.3. The van der Waals surface area contributed by atoms with Gasteiger partial charge in [0.1, 0.15) is 17.3 Å². The predicted octanol–water partition coefficient (Wildman–Crippen LogP) is 5.50. The van der Waals surface area contributed by atoms with Gasteiger partial charge in [-0.3, -0.25) is 5.43 Å². The van der Waals surface area contributed by atoms with Gasteiger partial charge in [0.2, 0.25) is 0 Å². The van der Waals surface area contributed by atoms with Crippen LogP contribution in [0.5, 0.6) is 5.75 Å². The lowest BCUT2D eigenvalue weighted by Gasteiger charge is -2.10. The van der Waals surface area contributed by atoms with Gasteiger partial charge in [0.25, 0.3) is 0 Å². The number of aliphatic imine (C=N–C) groups is 1. The molecule has 0 spiro atoms. The molecule has 1 aromatic heterocycles. The van der Waals surface area contributed by atoms with Crippen molar-refractivity contribution in [2.24, 2.45) is 10.1 Å². The Morgan fingerprint density at radius 2 is 1.96 bits per heavy atom. The lowest BCUT2D eigenvalue weighted by molar-refractivity contribution is 0.309. The smallest absolute Gasteiger partial charge is 0.164 e. The Bertz CT molecular complexity index is 1010.